The number of aliphatic hydroxyl groups excluding tert-OH is 2. The van der Waals surface area contributed by atoms with E-state index in [-0.39, 0.29) is 12.0 Å². The number of allylic oxidation sites excluding steroid dienone is 2. The van der Waals surface area contributed by atoms with E-state index in [2.05, 4.69) is 16.6 Å². The molecule has 0 spiro atoms. The number of oxime groups is 1. The molecule has 1 amide bonds. The number of rotatable bonds is 3. The van der Waals surface area contributed by atoms with Crippen LogP contribution in [-0.4, -0.2) is 62.5 Å². The third-order valence-electron chi connectivity index (χ3n) is 6.74. The summed E-state index contributed by atoms with van der Waals surface area (Å²) in [6, 6.07) is 1.85. The molecule has 0 aromatic heterocycles. The van der Waals surface area contributed by atoms with Gasteiger partial charge in [-0.05, 0) is 36.0 Å². The van der Waals surface area contributed by atoms with E-state index in [9.17, 15) is 48.0 Å². The normalized spacial score (nSPS) is 27.0. The van der Waals surface area contributed by atoms with Crippen LogP contribution in [0.3, 0.4) is 0 Å². The van der Waals surface area contributed by atoms with Crippen molar-refractivity contribution in [2.75, 3.05) is 7.11 Å². The van der Waals surface area contributed by atoms with Gasteiger partial charge in [-0.25, -0.2) is 0 Å². The lowest BCUT2D eigenvalue weighted by Gasteiger charge is -2.45. The maximum atomic E-state index is 13.5. The Hall–Kier alpha value is -4.13. The van der Waals surface area contributed by atoms with Gasteiger partial charge in [-0.2, -0.15) is 13.2 Å². The van der Waals surface area contributed by atoms with E-state index in [1.807, 2.05) is 0 Å². The topological polar surface area (TPSA) is 180 Å². The quantitative estimate of drug-likeness (QED) is 0.232. The molecule has 1 saturated carbocycles. The van der Waals surface area contributed by atoms with Crippen LogP contribution < -0.4 is 5.73 Å². The Labute approximate surface area is 200 Å². The van der Waals surface area contributed by atoms with E-state index < -0.39 is 98.3 Å². The smallest absolute Gasteiger partial charge is 0.416 e. The summed E-state index contributed by atoms with van der Waals surface area (Å²) in [5.41, 5.74) is -2.42. The molecule has 1 fully saturated rings. The van der Waals surface area contributed by atoms with E-state index in [0.29, 0.717) is 0 Å². The van der Waals surface area contributed by atoms with Crippen LogP contribution in [0.5, 0.6) is 5.75 Å². The fraction of sp³-hybridized carbons (Fsp3) is 0.304. The van der Waals surface area contributed by atoms with Crippen LogP contribution >= 0.6 is 0 Å². The number of alkyl halides is 3. The first kappa shape index (κ1) is 25.0. The number of nitrogens with two attached hydrogens (primary N) is 1. The highest BCUT2D eigenvalue weighted by molar-refractivity contribution is 6.38. The molecule has 0 aliphatic heterocycles. The van der Waals surface area contributed by atoms with Crippen LogP contribution in [0.1, 0.15) is 23.1 Å². The number of primary amides is 1. The number of benzene rings is 1. The maximum Gasteiger partial charge on any atom is 0.416 e. The monoisotopic (exact) mass is 508 g/mol. The Morgan fingerprint density at radius 3 is 2.39 bits per heavy atom. The molecule has 190 valence electrons. The molecule has 4 rings (SSSR count). The van der Waals surface area contributed by atoms with Crippen molar-refractivity contribution < 1.29 is 52.8 Å². The molecule has 3 atom stereocenters. The molecule has 13 heteroatoms. The van der Waals surface area contributed by atoms with Gasteiger partial charge in [0.1, 0.15) is 29.9 Å². The number of Topliss-reactive ketones (excluding diaryl/α,β-unsaturated/α-hetero) is 2. The summed E-state index contributed by atoms with van der Waals surface area (Å²) in [5, 5.41) is 46.7. The predicted octanol–water partition coefficient (Wildman–Crippen LogP) is 1.61. The highest BCUT2D eigenvalue weighted by Gasteiger charge is 2.64. The number of ketones is 2. The van der Waals surface area contributed by atoms with Crippen molar-refractivity contribution in [1.29, 1.82) is 0 Å². The zero-order valence-electron chi connectivity index (χ0n) is 18.5. The number of hydrogen-bond donors (Lipinski definition) is 5. The molecule has 0 unspecified atom stereocenters. The van der Waals surface area contributed by atoms with Gasteiger partial charge >= 0.3 is 6.18 Å². The van der Waals surface area contributed by atoms with E-state index in [1.165, 1.54) is 0 Å². The first-order valence-electron chi connectivity index (χ1n) is 10.4. The summed E-state index contributed by atoms with van der Waals surface area (Å²) in [5.74, 6) is -9.69. The number of amides is 1. The third kappa shape index (κ3) is 3.22. The van der Waals surface area contributed by atoms with Crippen LogP contribution in [0.15, 0.2) is 40.8 Å². The summed E-state index contributed by atoms with van der Waals surface area (Å²) < 4.78 is 40.3. The van der Waals surface area contributed by atoms with Gasteiger partial charge in [-0.1, -0.05) is 17.8 Å². The second-order valence-electron chi connectivity index (χ2n) is 8.59. The van der Waals surface area contributed by atoms with Crippen molar-refractivity contribution in [3.05, 3.63) is 52.3 Å². The number of fused-ring (bicyclic) bond motifs is 3. The minimum Gasteiger partial charge on any atom is -0.507 e. The molecular formula is C23H19F3N2O8. The van der Waals surface area contributed by atoms with Crippen LogP contribution in [0, 0.1) is 11.8 Å². The highest BCUT2D eigenvalue weighted by Crippen LogP contribution is 2.52. The molecule has 0 bridgehead atoms. The van der Waals surface area contributed by atoms with E-state index >= 15 is 0 Å². The molecule has 0 saturated heterocycles. The second kappa shape index (κ2) is 7.95. The number of hydrogen-bond acceptors (Lipinski definition) is 9. The largest absolute Gasteiger partial charge is 0.507 e. The van der Waals surface area contributed by atoms with Crippen molar-refractivity contribution in [2.45, 2.75) is 24.6 Å². The lowest BCUT2D eigenvalue weighted by Crippen LogP contribution is -2.64. The average Bonchev–Trinajstić information content (AvgIpc) is 2.77. The number of aliphatic hydroxyl groups is 3. The molecule has 6 N–H and O–H groups in total. The fourth-order valence-electron chi connectivity index (χ4n) is 5.13. The number of nitrogens with zero attached hydrogens (tertiary/aromatic N) is 1. The summed E-state index contributed by atoms with van der Waals surface area (Å²) in [6.45, 7) is 3.06. The van der Waals surface area contributed by atoms with Crippen molar-refractivity contribution in [3.8, 4) is 5.75 Å². The van der Waals surface area contributed by atoms with Gasteiger partial charge in [-0.15, -0.1) is 0 Å². The van der Waals surface area contributed by atoms with E-state index in [1.54, 1.807) is 0 Å². The van der Waals surface area contributed by atoms with Crippen LogP contribution in [0.4, 0.5) is 13.2 Å². The van der Waals surface area contributed by atoms with Gasteiger partial charge in [0.05, 0.1) is 17.1 Å². The Bertz CT molecular complexity index is 1360. The SMILES string of the molecule is C=C(c1ccc(O)c2c1C[C@H]1C[C@H]3/C(=N/OC)C(O)=C(C(N)=O)C(=O)[C@@]3(O)C(=O)C1=C2O)C(F)(F)F. The van der Waals surface area contributed by atoms with E-state index in [4.69, 9.17) is 5.73 Å². The number of carbonyl (C=O) groups excluding carboxylic acids is 3. The van der Waals surface area contributed by atoms with Gasteiger partial charge in [0.25, 0.3) is 5.91 Å². The molecule has 1 aromatic rings. The molecule has 36 heavy (non-hydrogen) atoms. The molecule has 10 nitrogen and oxygen atoms in total. The summed E-state index contributed by atoms with van der Waals surface area (Å²) in [7, 11) is 1.05. The van der Waals surface area contributed by atoms with Crippen molar-refractivity contribution in [3.63, 3.8) is 0 Å². The zero-order chi connectivity index (χ0) is 26.9. The number of carbonyl (C=O) groups is 3. The summed E-state index contributed by atoms with van der Waals surface area (Å²) >= 11 is 0. The molecule has 0 radical (unpaired) electrons. The minimum absolute atomic E-state index is 0.160. The molecular weight excluding hydrogens is 489 g/mol. The molecule has 3 aliphatic rings. The van der Waals surface area contributed by atoms with Crippen LogP contribution in [-0.2, 0) is 25.6 Å². The summed E-state index contributed by atoms with van der Waals surface area (Å²) in [4.78, 5) is 43.1. The van der Waals surface area contributed by atoms with Gasteiger partial charge in [-0.3, -0.25) is 14.4 Å². The van der Waals surface area contributed by atoms with Gasteiger partial charge < -0.3 is 31.0 Å². The molecule has 0 heterocycles. The second-order valence-corrected chi connectivity index (χ2v) is 8.59. The minimum atomic E-state index is -4.84. The lowest BCUT2D eigenvalue weighted by atomic mass is 9.58. The Balaban J connectivity index is 1.97. The number of aromatic hydroxyl groups is 1. The first-order chi connectivity index (χ1) is 16.7. The number of phenols is 1. The number of phenolic OH excluding ortho intramolecular Hbond substituents is 1. The van der Waals surface area contributed by atoms with Crippen LogP contribution in [0.25, 0.3) is 11.3 Å². The van der Waals surface area contributed by atoms with Crippen molar-refractivity contribution >= 4 is 34.5 Å². The number of halogens is 3. The van der Waals surface area contributed by atoms with E-state index in [0.717, 1.165) is 19.2 Å². The zero-order valence-corrected chi connectivity index (χ0v) is 18.5. The lowest BCUT2D eigenvalue weighted by molar-refractivity contribution is -0.153. The van der Waals surface area contributed by atoms with Crippen LogP contribution in [0.2, 0.25) is 0 Å². The molecule has 1 aromatic carbocycles. The fourth-order valence-corrected chi connectivity index (χ4v) is 5.13. The first-order valence-corrected chi connectivity index (χ1v) is 10.4. The highest BCUT2D eigenvalue weighted by atomic mass is 19.4. The maximum absolute atomic E-state index is 13.5. The Morgan fingerprint density at radius 2 is 1.83 bits per heavy atom. The average molecular weight is 508 g/mol. The Kier molecular flexibility index (Phi) is 5.51. The van der Waals surface area contributed by atoms with Gasteiger partial charge in [0.15, 0.2) is 11.4 Å². The van der Waals surface area contributed by atoms with Gasteiger partial charge in [0.2, 0.25) is 11.6 Å². The Morgan fingerprint density at radius 1 is 1.19 bits per heavy atom. The third-order valence-corrected chi connectivity index (χ3v) is 6.74. The van der Waals surface area contributed by atoms with Gasteiger partial charge in [0, 0.05) is 5.57 Å². The van der Waals surface area contributed by atoms with Crippen molar-refractivity contribution in [1.82, 2.24) is 0 Å². The summed E-state index contributed by atoms with van der Waals surface area (Å²) in [6.07, 6.45) is -5.57. The molecule has 3 aliphatic carbocycles. The van der Waals surface area contributed by atoms with Crippen molar-refractivity contribution in [2.24, 2.45) is 22.7 Å². The predicted molar refractivity (Wildman–Crippen MR) is 116 cm³/mol. The standard InChI is InChI=1S/C23H19F3N2O8/c1-7(23(24,25)26)9-3-4-12(29)14-10(9)5-8-6-11-16(28-36-2)18(31)15(21(27)34)20(33)22(11,35)19(32)13(8)17(14)30/h3-4,8,11,29-31,35H,1,5-6H2,2H3,(H2,27,34)/b28-16-/t8-,11-,22-/m0/s1.